The van der Waals surface area contributed by atoms with Crippen LogP contribution in [0.15, 0.2) is 40.2 Å². The van der Waals surface area contributed by atoms with Gasteiger partial charge >= 0.3 is 0 Å². The summed E-state index contributed by atoms with van der Waals surface area (Å²) >= 11 is 5.42. The van der Waals surface area contributed by atoms with Crippen molar-refractivity contribution in [3.05, 3.63) is 56.2 Å². The number of aryl methyl sites for hydroxylation is 1. The number of hydrogen-bond acceptors (Lipinski definition) is 2. The van der Waals surface area contributed by atoms with Crippen molar-refractivity contribution in [2.45, 2.75) is 39.7 Å². The van der Waals surface area contributed by atoms with Gasteiger partial charge in [-0.15, -0.1) is 11.3 Å². The molecule has 1 nitrogen and oxygen atoms in total. The molecule has 1 atom stereocenters. The van der Waals surface area contributed by atoms with E-state index in [1.54, 1.807) is 0 Å². The Labute approximate surface area is 140 Å². The SMILES string of the molecule is Cc1cccc(CC(CNC(C)C)Cc2ccc(Br)s2)c1. The molecule has 1 aromatic heterocycles. The predicted octanol–water partition coefficient (Wildman–Crippen LogP) is 5.22. The van der Waals surface area contributed by atoms with Gasteiger partial charge in [-0.25, -0.2) is 0 Å². The van der Waals surface area contributed by atoms with Gasteiger partial charge in [-0.2, -0.15) is 0 Å². The Morgan fingerprint density at radius 2 is 1.95 bits per heavy atom. The molecule has 114 valence electrons. The lowest BCUT2D eigenvalue weighted by Gasteiger charge is -2.19. The van der Waals surface area contributed by atoms with Crippen LogP contribution >= 0.6 is 27.3 Å². The highest BCUT2D eigenvalue weighted by molar-refractivity contribution is 9.11. The summed E-state index contributed by atoms with van der Waals surface area (Å²) in [7, 11) is 0. The largest absolute Gasteiger partial charge is 0.314 e. The third-order valence-electron chi connectivity index (χ3n) is 3.54. The first-order valence-electron chi connectivity index (χ1n) is 7.56. The summed E-state index contributed by atoms with van der Waals surface area (Å²) in [6, 6.07) is 13.8. The zero-order chi connectivity index (χ0) is 15.2. The molecule has 3 heteroatoms. The molecule has 0 aliphatic carbocycles. The second-order valence-corrected chi connectivity index (χ2v) is 8.58. The third kappa shape index (κ3) is 5.93. The molecule has 0 radical (unpaired) electrons. The summed E-state index contributed by atoms with van der Waals surface area (Å²) in [5.41, 5.74) is 2.79. The second-order valence-electron chi connectivity index (χ2n) is 6.03. The van der Waals surface area contributed by atoms with E-state index in [1.165, 1.54) is 19.8 Å². The molecule has 0 spiro atoms. The summed E-state index contributed by atoms with van der Waals surface area (Å²) in [5, 5.41) is 3.60. The van der Waals surface area contributed by atoms with Crippen molar-refractivity contribution in [1.29, 1.82) is 0 Å². The van der Waals surface area contributed by atoms with Gasteiger partial charge in [0.15, 0.2) is 0 Å². The van der Waals surface area contributed by atoms with Gasteiger partial charge in [-0.3, -0.25) is 0 Å². The van der Waals surface area contributed by atoms with Gasteiger partial charge in [-0.1, -0.05) is 43.7 Å². The van der Waals surface area contributed by atoms with Crippen molar-refractivity contribution in [2.75, 3.05) is 6.54 Å². The molecule has 21 heavy (non-hydrogen) atoms. The molecule has 0 aliphatic rings. The molecular formula is C18H24BrNS. The Morgan fingerprint density at radius 3 is 2.57 bits per heavy atom. The zero-order valence-electron chi connectivity index (χ0n) is 13.0. The number of halogens is 1. The molecule has 1 N–H and O–H groups in total. The number of rotatable bonds is 7. The lowest BCUT2D eigenvalue weighted by atomic mass is 9.94. The summed E-state index contributed by atoms with van der Waals surface area (Å²) in [6.07, 6.45) is 2.28. The first kappa shape index (κ1) is 16.7. The monoisotopic (exact) mass is 365 g/mol. The molecule has 0 aliphatic heterocycles. The number of nitrogens with one attached hydrogen (secondary N) is 1. The lowest BCUT2D eigenvalue weighted by Crippen LogP contribution is -2.30. The molecular weight excluding hydrogens is 342 g/mol. The lowest BCUT2D eigenvalue weighted by molar-refractivity contribution is 0.446. The molecule has 0 bridgehead atoms. The van der Waals surface area contributed by atoms with Crippen LogP contribution in [0, 0.1) is 12.8 Å². The van der Waals surface area contributed by atoms with Gasteiger partial charge in [-0.05, 0) is 65.9 Å². The Morgan fingerprint density at radius 1 is 1.14 bits per heavy atom. The first-order valence-corrected chi connectivity index (χ1v) is 9.17. The summed E-state index contributed by atoms with van der Waals surface area (Å²) < 4.78 is 1.23. The van der Waals surface area contributed by atoms with Crippen LogP contribution in [0.4, 0.5) is 0 Å². The highest BCUT2D eigenvalue weighted by atomic mass is 79.9. The molecule has 2 aromatic rings. The topological polar surface area (TPSA) is 12.0 Å². The van der Waals surface area contributed by atoms with Crippen LogP contribution in [0.25, 0.3) is 0 Å². The van der Waals surface area contributed by atoms with Crippen molar-refractivity contribution in [1.82, 2.24) is 5.32 Å². The van der Waals surface area contributed by atoms with Gasteiger partial charge in [0.05, 0.1) is 3.79 Å². The van der Waals surface area contributed by atoms with Crippen molar-refractivity contribution >= 4 is 27.3 Å². The highest BCUT2D eigenvalue weighted by Gasteiger charge is 2.13. The average molecular weight is 366 g/mol. The van der Waals surface area contributed by atoms with Gasteiger partial charge in [0.1, 0.15) is 0 Å². The number of benzene rings is 1. The molecule has 0 amide bonds. The average Bonchev–Trinajstić information content (AvgIpc) is 2.81. The second kappa shape index (κ2) is 8.11. The summed E-state index contributed by atoms with van der Waals surface area (Å²) in [6.45, 7) is 7.67. The van der Waals surface area contributed by atoms with E-state index in [2.05, 4.69) is 78.4 Å². The highest BCUT2D eigenvalue weighted by Crippen LogP contribution is 2.25. The van der Waals surface area contributed by atoms with Crippen LogP contribution < -0.4 is 5.32 Å². The van der Waals surface area contributed by atoms with Crippen LogP contribution in [0.5, 0.6) is 0 Å². The molecule has 0 saturated heterocycles. The molecule has 1 heterocycles. The Balaban J connectivity index is 2.04. The van der Waals surface area contributed by atoms with E-state index in [0.717, 1.165) is 19.4 Å². The van der Waals surface area contributed by atoms with E-state index in [0.29, 0.717) is 12.0 Å². The summed E-state index contributed by atoms with van der Waals surface area (Å²) in [4.78, 5) is 1.46. The molecule has 1 aromatic carbocycles. The smallest absolute Gasteiger partial charge is 0.0701 e. The van der Waals surface area contributed by atoms with Gasteiger partial charge in [0, 0.05) is 10.9 Å². The minimum absolute atomic E-state index is 0.542. The van der Waals surface area contributed by atoms with Gasteiger partial charge in [0.2, 0.25) is 0 Å². The van der Waals surface area contributed by atoms with Gasteiger partial charge in [0.25, 0.3) is 0 Å². The Hall–Kier alpha value is -0.640. The molecule has 0 fully saturated rings. The molecule has 2 rings (SSSR count). The van der Waals surface area contributed by atoms with E-state index in [-0.39, 0.29) is 0 Å². The van der Waals surface area contributed by atoms with Crippen LogP contribution in [0.2, 0.25) is 0 Å². The number of hydrogen-bond donors (Lipinski definition) is 1. The summed E-state index contributed by atoms with van der Waals surface area (Å²) in [5.74, 6) is 0.639. The maximum Gasteiger partial charge on any atom is 0.0701 e. The Bertz CT molecular complexity index is 562. The van der Waals surface area contributed by atoms with Crippen LogP contribution in [0.3, 0.4) is 0 Å². The van der Waals surface area contributed by atoms with E-state index < -0.39 is 0 Å². The fraction of sp³-hybridized carbons (Fsp3) is 0.444. The predicted molar refractivity (Wildman–Crippen MR) is 97.2 cm³/mol. The minimum atomic E-state index is 0.542. The van der Waals surface area contributed by atoms with E-state index in [9.17, 15) is 0 Å². The number of thiophene rings is 1. The quantitative estimate of drug-likeness (QED) is 0.709. The van der Waals surface area contributed by atoms with E-state index in [1.807, 2.05) is 11.3 Å². The fourth-order valence-electron chi connectivity index (χ4n) is 2.54. The van der Waals surface area contributed by atoms with Crippen LogP contribution in [0.1, 0.15) is 29.9 Å². The Kier molecular flexibility index (Phi) is 6.46. The minimum Gasteiger partial charge on any atom is -0.314 e. The van der Waals surface area contributed by atoms with Crippen molar-refractivity contribution in [3.63, 3.8) is 0 Å². The van der Waals surface area contributed by atoms with Gasteiger partial charge < -0.3 is 5.32 Å². The maximum absolute atomic E-state index is 3.60. The normalized spacial score (nSPS) is 12.8. The zero-order valence-corrected chi connectivity index (χ0v) is 15.4. The van der Waals surface area contributed by atoms with E-state index >= 15 is 0 Å². The first-order chi connectivity index (χ1) is 10.0. The van der Waals surface area contributed by atoms with Crippen LogP contribution in [-0.4, -0.2) is 12.6 Å². The van der Waals surface area contributed by atoms with E-state index in [4.69, 9.17) is 0 Å². The third-order valence-corrected chi connectivity index (χ3v) is 5.19. The molecule has 1 unspecified atom stereocenters. The van der Waals surface area contributed by atoms with Crippen molar-refractivity contribution < 1.29 is 0 Å². The molecule has 0 saturated carbocycles. The maximum atomic E-state index is 3.60. The fourth-order valence-corrected chi connectivity index (χ4v) is 4.13. The standard InChI is InChI=1S/C18H24BrNS/c1-13(2)20-12-16(11-17-7-8-18(19)21-17)10-15-6-4-5-14(3)9-15/h4-9,13,16,20H,10-12H2,1-3H3. The van der Waals surface area contributed by atoms with Crippen LogP contribution in [-0.2, 0) is 12.8 Å². The van der Waals surface area contributed by atoms with Crippen molar-refractivity contribution in [3.8, 4) is 0 Å². The van der Waals surface area contributed by atoms with Crippen molar-refractivity contribution in [2.24, 2.45) is 5.92 Å².